The molecule has 0 amide bonds. The molecule has 6 heteroatoms. The van der Waals surface area contributed by atoms with Gasteiger partial charge in [-0.2, -0.15) is 10.4 Å². The molecule has 0 aliphatic heterocycles. The maximum atomic E-state index is 13.4. The second-order valence-electron chi connectivity index (χ2n) is 3.68. The van der Waals surface area contributed by atoms with Gasteiger partial charge >= 0.3 is 0 Å². The van der Waals surface area contributed by atoms with E-state index in [0.717, 1.165) is 0 Å². The molecule has 92 valence electrons. The molecule has 0 aliphatic rings. The van der Waals surface area contributed by atoms with E-state index in [2.05, 4.69) is 21.0 Å². The van der Waals surface area contributed by atoms with Crippen molar-refractivity contribution in [1.82, 2.24) is 9.78 Å². The summed E-state index contributed by atoms with van der Waals surface area (Å²) in [4.78, 5) is 0. The van der Waals surface area contributed by atoms with Crippen LogP contribution in [-0.2, 0) is 7.05 Å². The van der Waals surface area contributed by atoms with E-state index in [4.69, 9.17) is 10.00 Å². The topological polar surface area (TPSA) is 50.8 Å². The number of halogens is 2. The van der Waals surface area contributed by atoms with Crippen LogP contribution in [0.1, 0.15) is 11.3 Å². The first kappa shape index (κ1) is 12.6. The SMILES string of the molecule is Cc1nn(C)c(Oc2ccc(Br)c(F)c2)c1C#N. The first-order valence-corrected chi connectivity index (χ1v) is 5.89. The van der Waals surface area contributed by atoms with Crippen LogP contribution in [0.2, 0.25) is 0 Å². The van der Waals surface area contributed by atoms with E-state index in [1.807, 2.05) is 6.07 Å². The summed E-state index contributed by atoms with van der Waals surface area (Å²) in [5, 5.41) is 13.1. The van der Waals surface area contributed by atoms with Gasteiger partial charge in [-0.3, -0.25) is 0 Å². The van der Waals surface area contributed by atoms with Crippen LogP contribution in [0.3, 0.4) is 0 Å². The number of benzene rings is 1. The molecule has 0 spiro atoms. The largest absolute Gasteiger partial charge is 0.438 e. The van der Waals surface area contributed by atoms with E-state index in [1.54, 1.807) is 26.1 Å². The summed E-state index contributed by atoms with van der Waals surface area (Å²) >= 11 is 3.06. The minimum atomic E-state index is -0.426. The fourth-order valence-electron chi connectivity index (χ4n) is 1.53. The molecule has 4 nitrogen and oxygen atoms in total. The predicted molar refractivity (Wildman–Crippen MR) is 66.8 cm³/mol. The molecule has 18 heavy (non-hydrogen) atoms. The van der Waals surface area contributed by atoms with Crippen LogP contribution in [0, 0.1) is 24.1 Å². The second-order valence-corrected chi connectivity index (χ2v) is 4.53. The summed E-state index contributed by atoms with van der Waals surface area (Å²) in [5.74, 6) is 0.192. The molecule has 0 bridgehead atoms. The molecule has 0 atom stereocenters. The zero-order valence-electron chi connectivity index (χ0n) is 9.74. The monoisotopic (exact) mass is 309 g/mol. The van der Waals surface area contributed by atoms with Gasteiger partial charge in [0, 0.05) is 13.1 Å². The van der Waals surface area contributed by atoms with Gasteiger partial charge in [0.1, 0.15) is 23.2 Å². The molecule has 0 unspecified atom stereocenters. The van der Waals surface area contributed by atoms with Crippen LogP contribution < -0.4 is 4.74 Å². The Kier molecular flexibility index (Phi) is 3.34. The molecule has 0 radical (unpaired) electrons. The molecule has 0 aliphatic carbocycles. The Bertz CT molecular complexity index is 646. The molecule has 1 heterocycles. The van der Waals surface area contributed by atoms with Crippen molar-refractivity contribution in [1.29, 1.82) is 5.26 Å². The maximum Gasteiger partial charge on any atom is 0.235 e. The van der Waals surface area contributed by atoms with Gasteiger partial charge in [-0.1, -0.05) is 0 Å². The van der Waals surface area contributed by atoms with Crippen LogP contribution in [-0.4, -0.2) is 9.78 Å². The predicted octanol–water partition coefficient (Wildman–Crippen LogP) is 3.29. The third-order valence-electron chi connectivity index (χ3n) is 2.39. The van der Waals surface area contributed by atoms with Gasteiger partial charge in [0.15, 0.2) is 0 Å². The van der Waals surface area contributed by atoms with Crippen molar-refractivity contribution < 1.29 is 9.13 Å². The van der Waals surface area contributed by atoms with Gasteiger partial charge in [0.25, 0.3) is 0 Å². The Hall–Kier alpha value is -1.87. The van der Waals surface area contributed by atoms with Crippen LogP contribution in [0.5, 0.6) is 11.6 Å². The minimum absolute atomic E-state index is 0.303. The van der Waals surface area contributed by atoms with Gasteiger partial charge in [0.2, 0.25) is 5.88 Å². The summed E-state index contributed by atoms with van der Waals surface area (Å²) in [7, 11) is 1.67. The quantitative estimate of drug-likeness (QED) is 0.855. The first-order chi connectivity index (χ1) is 8.52. The standard InChI is InChI=1S/C12H9BrFN3O/c1-7-9(6-15)12(17(2)16-7)18-8-3-4-10(13)11(14)5-8/h3-5H,1-2H3. The highest BCUT2D eigenvalue weighted by Gasteiger charge is 2.15. The van der Waals surface area contributed by atoms with E-state index < -0.39 is 5.82 Å². The van der Waals surface area contributed by atoms with E-state index in [1.165, 1.54) is 10.7 Å². The van der Waals surface area contributed by atoms with Gasteiger partial charge in [-0.15, -0.1) is 0 Å². The lowest BCUT2D eigenvalue weighted by Gasteiger charge is -2.06. The highest BCUT2D eigenvalue weighted by atomic mass is 79.9. The Morgan fingerprint density at radius 3 is 2.83 bits per heavy atom. The average molecular weight is 310 g/mol. The van der Waals surface area contributed by atoms with Crippen LogP contribution in [0.25, 0.3) is 0 Å². The van der Waals surface area contributed by atoms with E-state index in [0.29, 0.717) is 27.4 Å². The molecular weight excluding hydrogens is 301 g/mol. The zero-order valence-corrected chi connectivity index (χ0v) is 11.3. The van der Waals surface area contributed by atoms with Crippen molar-refractivity contribution in [2.24, 2.45) is 7.05 Å². The molecule has 2 aromatic rings. The summed E-state index contributed by atoms with van der Waals surface area (Å²) in [6, 6.07) is 6.41. The first-order valence-electron chi connectivity index (χ1n) is 5.09. The molecule has 1 aromatic carbocycles. The maximum absolute atomic E-state index is 13.4. The van der Waals surface area contributed by atoms with Gasteiger partial charge in [0.05, 0.1) is 10.2 Å². The third kappa shape index (κ3) is 2.22. The van der Waals surface area contributed by atoms with Crippen molar-refractivity contribution in [2.75, 3.05) is 0 Å². The van der Waals surface area contributed by atoms with E-state index in [9.17, 15) is 4.39 Å². The van der Waals surface area contributed by atoms with Crippen LogP contribution in [0.15, 0.2) is 22.7 Å². The van der Waals surface area contributed by atoms with Crippen LogP contribution in [0.4, 0.5) is 4.39 Å². The van der Waals surface area contributed by atoms with Crippen LogP contribution >= 0.6 is 15.9 Å². The Morgan fingerprint density at radius 2 is 2.22 bits per heavy atom. The van der Waals surface area contributed by atoms with Crippen molar-refractivity contribution in [3.8, 4) is 17.7 Å². The van der Waals surface area contributed by atoms with Gasteiger partial charge < -0.3 is 4.74 Å². The third-order valence-corrected chi connectivity index (χ3v) is 3.03. The molecule has 0 N–H and O–H groups in total. The number of hydrogen-bond donors (Lipinski definition) is 0. The molecule has 0 saturated carbocycles. The minimum Gasteiger partial charge on any atom is -0.438 e. The molecular formula is C12H9BrFN3O. The highest BCUT2D eigenvalue weighted by Crippen LogP contribution is 2.28. The normalized spacial score (nSPS) is 10.2. The lowest BCUT2D eigenvalue weighted by Crippen LogP contribution is -1.96. The van der Waals surface area contributed by atoms with E-state index >= 15 is 0 Å². The number of aromatic nitrogens is 2. The van der Waals surface area contributed by atoms with Crippen molar-refractivity contribution in [3.63, 3.8) is 0 Å². The summed E-state index contributed by atoms with van der Waals surface area (Å²) in [6.07, 6.45) is 0. The second kappa shape index (κ2) is 4.78. The number of nitrogens with zero attached hydrogens (tertiary/aromatic N) is 3. The number of rotatable bonds is 2. The fourth-order valence-corrected chi connectivity index (χ4v) is 1.78. The lowest BCUT2D eigenvalue weighted by molar-refractivity contribution is 0.426. The average Bonchev–Trinajstić information content (AvgIpc) is 2.58. The summed E-state index contributed by atoms with van der Waals surface area (Å²) in [6.45, 7) is 1.72. The van der Waals surface area contributed by atoms with Crippen molar-refractivity contribution in [2.45, 2.75) is 6.92 Å². The van der Waals surface area contributed by atoms with E-state index in [-0.39, 0.29) is 0 Å². The van der Waals surface area contributed by atoms with Crippen molar-refractivity contribution in [3.05, 3.63) is 39.7 Å². The molecule has 1 aromatic heterocycles. The summed E-state index contributed by atoms with van der Waals surface area (Å²) in [5.41, 5.74) is 0.924. The number of aryl methyl sites for hydroxylation is 2. The molecule has 0 saturated heterocycles. The fraction of sp³-hybridized carbons (Fsp3) is 0.167. The number of nitriles is 1. The summed E-state index contributed by atoms with van der Waals surface area (Å²) < 4.78 is 20.7. The smallest absolute Gasteiger partial charge is 0.235 e. The Morgan fingerprint density at radius 1 is 1.50 bits per heavy atom. The molecule has 0 fully saturated rings. The number of hydrogen-bond acceptors (Lipinski definition) is 3. The Balaban J connectivity index is 2.40. The lowest BCUT2D eigenvalue weighted by atomic mass is 10.3. The zero-order chi connectivity index (χ0) is 13.3. The number of ether oxygens (including phenoxy) is 1. The Labute approximate surface area is 112 Å². The van der Waals surface area contributed by atoms with Gasteiger partial charge in [-0.05, 0) is 35.0 Å². The van der Waals surface area contributed by atoms with Gasteiger partial charge in [-0.25, -0.2) is 9.07 Å². The highest BCUT2D eigenvalue weighted by molar-refractivity contribution is 9.10. The molecule has 2 rings (SSSR count). The van der Waals surface area contributed by atoms with Crippen molar-refractivity contribution >= 4 is 15.9 Å².